The number of nitrogens with one attached hydrogen (secondary N) is 2. The van der Waals surface area contributed by atoms with Crippen LogP contribution in [0.2, 0.25) is 0 Å². The summed E-state index contributed by atoms with van der Waals surface area (Å²) in [6.45, 7) is 10.7. The lowest BCUT2D eigenvalue weighted by atomic mass is 10.1. The number of guanidine groups is 1. The van der Waals surface area contributed by atoms with Gasteiger partial charge in [-0.3, -0.25) is 4.90 Å². The zero-order valence-electron chi connectivity index (χ0n) is 17.6. The zero-order valence-corrected chi connectivity index (χ0v) is 17.6. The first-order valence-electron chi connectivity index (χ1n) is 10.5. The summed E-state index contributed by atoms with van der Waals surface area (Å²) in [6, 6.07) is 5.94. The minimum absolute atomic E-state index is 0.414. The van der Waals surface area contributed by atoms with E-state index in [9.17, 15) is 5.11 Å². The topological polar surface area (TPSA) is 87.6 Å². The molecule has 3 rings (SSSR count). The fourth-order valence-electron chi connectivity index (χ4n) is 3.39. The molecular weight excluding hydrogens is 372 g/mol. The Balaban J connectivity index is 1.55. The van der Waals surface area contributed by atoms with E-state index in [1.165, 1.54) is 0 Å². The van der Waals surface area contributed by atoms with Crippen LogP contribution in [0.3, 0.4) is 0 Å². The van der Waals surface area contributed by atoms with Crippen molar-refractivity contribution in [2.24, 2.45) is 4.99 Å². The summed E-state index contributed by atoms with van der Waals surface area (Å²) < 4.78 is 16.8. The van der Waals surface area contributed by atoms with Crippen molar-refractivity contribution in [1.82, 2.24) is 15.5 Å². The summed E-state index contributed by atoms with van der Waals surface area (Å²) in [5.74, 6) is 2.25. The summed E-state index contributed by atoms with van der Waals surface area (Å²) >= 11 is 0. The SMILES string of the molecule is CCNC(=NCc1ccc2c(c1)OCCCO2)NCC(C)(O)CN1CCOCC1. The number of hydrogen-bond acceptors (Lipinski definition) is 6. The zero-order chi connectivity index (χ0) is 20.5. The first-order valence-corrected chi connectivity index (χ1v) is 10.5. The van der Waals surface area contributed by atoms with Crippen LogP contribution in [0.4, 0.5) is 0 Å². The Morgan fingerprint density at radius 2 is 1.90 bits per heavy atom. The van der Waals surface area contributed by atoms with Crippen molar-refractivity contribution in [3.05, 3.63) is 23.8 Å². The molecule has 2 aliphatic heterocycles. The average molecular weight is 407 g/mol. The van der Waals surface area contributed by atoms with Gasteiger partial charge in [-0.05, 0) is 31.5 Å². The summed E-state index contributed by atoms with van der Waals surface area (Å²) in [6.07, 6.45) is 0.890. The number of morpholine rings is 1. The molecule has 8 heteroatoms. The number of β-amino-alcohol motifs (C(OH)–C–C–N with tert-alkyl or cyclic N) is 1. The van der Waals surface area contributed by atoms with E-state index < -0.39 is 5.60 Å². The predicted molar refractivity (Wildman–Crippen MR) is 113 cm³/mol. The standard InChI is InChI=1S/C21H34N4O4/c1-3-22-20(24-15-21(2,26)16-25-7-11-27-12-8-25)23-14-17-5-6-18-19(13-17)29-10-4-9-28-18/h5-6,13,26H,3-4,7-12,14-16H2,1-2H3,(H2,22,23,24). The van der Waals surface area contributed by atoms with Gasteiger partial charge < -0.3 is 30.0 Å². The van der Waals surface area contributed by atoms with E-state index in [1.807, 2.05) is 32.0 Å². The van der Waals surface area contributed by atoms with E-state index in [0.29, 0.717) is 38.8 Å². The maximum absolute atomic E-state index is 10.8. The summed E-state index contributed by atoms with van der Waals surface area (Å²) in [5.41, 5.74) is 0.189. The lowest BCUT2D eigenvalue weighted by Crippen LogP contribution is -2.52. The highest BCUT2D eigenvalue weighted by molar-refractivity contribution is 5.79. The van der Waals surface area contributed by atoms with Gasteiger partial charge in [0.05, 0.1) is 38.6 Å². The third-order valence-corrected chi connectivity index (χ3v) is 4.88. The van der Waals surface area contributed by atoms with Crippen LogP contribution in [0, 0.1) is 0 Å². The van der Waals surface area contributed by atoms with Gasteiger partial charge >= 0.3 is 0 Å². The number of aliphatic hydroxyl groups is 1. The fourth-order valence-corrected chi connectivity index (χ4v) is 3.39. The van der Waals surface area contributed by atoms with Crippen molar-refractivity contribution >= 4 is 5.96 Å². The lowest BCUT2D eigenvalue weighted by Gasteiger charge is -2.34. The molecule has 2 aliphatic rings. The Kier molecular flexibility index (Phi) is 7.97. The molecule has 0 spiro atoms. The van der Waals surface area contributed by atoms with Gasteiger partial charge in [-0.25, -0.2) is 4.99 Å². The van der Waals surface area contributed by atoms with Gasteiger partial charge in [0.1, 0.15) is 0 Å². The van der Waals surface area contributed by atoms with Crippen molar-refractivity contribution in [2.45, 2.75) is 32.4 Å². The molecule has 1 saturated heterocycles. The molecule has 2 heterocycles. The Labute approximate surface area is 173 Å². The molecule has 1 aromatic rings. The number of aliphatic imine (C=N–C) groups is 1. The smallest absolute Gasteiger partial charge is 0.191 e. The normalized spacial score (nSPS) is 19.9. The molecule has 0 aromatic heterocycles. The van der Waals surface area contributed by atoms with Crippen LogP contribution in [0.15, 0.2) is 23.2 Å². The van der Waals surface area contributed by atoms with Crippen LogP contribution >= 0.6 is 0 Å². The van der Waals surface area contributed by atoms with E-state index in [-0.39, 0.29) is 0 Å². The largest absolute Gasteiger partial charge is 0.490 e. The predicted octanol–water partition coefficient (Wildman–Crippen LogP) is 0.986. The molecule has 29 heavy (non-hydrogen) atoms. The minimum Gasteiger partial charge on any atom is -0.490 e. The highest BCUT2D eigenvalue weighted by Gasteiger charge is 2.25. The fraction of sp³-hybridized carbons (Fsp3) is 0.667. The molecule has 0 saturated carbocycles. The van der Waals surface area contributed by atoms with Crippen molar-refractivity contribution in [2.75, 3.05) is 59.2 Å². The van der Waals surface area contributed by atoms with E-state index in [4.69, 9.17) is 14.2 Å². The van der Waals surface area contributed by atoms with Crippen LogP contribution in [0.25, 0.3) is 0 Å². The Morgan fingerprint density at radius 1 is 1.14 bits per heavy atom. The van der Waals surface area contributed by atoms with Crippen molar-refractivity contribution in [1.29, 1.82) is 0 Å². The van der Waals surface area contributed by atoms with Crippen LogP contribution in [0.1, 0.15) is 25.8 Å². The lowest BCUT2D eigenvalue weighted by molar-refractivity contribution is -0.0201. The van der Waals surface area contributed by atoms with Crippen LogP contribution in [-0.4, -0.2) is 80.7 Å². The van der Waals surface area contributed by atoms with E-state index in [1.54, 1.807) is 0 Å². The highest BCUT2D eigenvalue weighted by atomic mass is 16.5. The van der Waals surface area contributed by atoms with Gasteiger partial charge in [0.15, 0.2) is 17.5 Å². The van der Waals surface area contributed by atoms with Gasteiger partial charge in [0.25, 0.3) is 0 Å². The number of benzene rings is 1. The molecule has 8 nitrogen and oxygen atoms in total. The first kappa shape index (κ1) is 21.7. The molecule has 0 amide bonds. The van der Waals surface area contributed by atoms with Gasteiger partial charge in [-0.2, -0.15) is 0 Å². The Hall–Kier alpha value is -2.03. The molecule has 1 unspecified atom stereocenters. The van der Waals surface area contributed by atoms with Gasteiger partial charge in [0, 0.05) is 39.1 Å². The number of ether oxygens (including phenoxy) is 3. The quantitative estimate of drug-likeness (QED) is 0.460. The maximum atomic E-state index is 10.8. The summed E-state index contributed by atoms with van der Waals surface area (Å²) in [7, 11) is 0. The minimum atomic E-state index is -0.858. The van der Waals surface area contributed by atoms with Crippen LogP contribution < -0.4 is 20.1 Å². The molecule has 0 bridgehead atoms. The maximum Gasteiger partial charge on any atom is 0.191 e. The van der Waals surface area contributed by atoms with E-state index >= 15 is 0 Å². The van der Waals surface area contributed by atoms with Crippen LogP contribution in [0.5, 0.6) is 11.5 Å². The third-order valence-electron chi connectivity index (χ3n) is 4.88. The first-order chi connectivity index (χ1) is 14.1. The monoisotopic (exact) mass is 406 g/mol. The summed E-state index contributed by atoms with van der Waals surface area (Å²) in [5, 5.41) is 17.3. The highest BCUT2D eigenvalue weighted by Crippen LogP contribution is 2.30. The molecular formula is C21H34N4O4. The number of fused-ring (bicyclic) bond motifs is 1. The van der Waals surface area contributed by atoms with Crippen molar-refractivity contribution in [3.63, 3.8) is 0 Å². The van der Waals surface area contributed by atoms with Gasteiger partial charge in [-0.15, -0.1) is 0 Å². The number of nitrogens with zero attached hydrogens (tertiary/aromatic N) is 2. The van der Waals surface area contributed by atoms with Gasteiger partial charge in [-0.1, -0.05) is 6.07 Å². The second kappa shape index (κ2) is 10.7. The number of rotatable bonds is 7. The average Bonchev–Trinajstić information content (AvgIpc) is 2.95. The van der Waals surface area contributed by atoms with Gasteiger partial charge in [0.2, 0.25) is 0 Å². The molecule has 1 fully saturated rings. The molecule has 1 atom stereocenters. The van der Waals surface area contributed by atoms with Crippen molar-refractivity contribution in [3.8, 4) is 11.5 Å². The Bertz CT molecular complexity index is 675. The molecule has 3 N–H and O–H groups in total. The molecule has 0 aliphatic carbocycles. The van der Waals surface area contributed by atoms with E-state index in [0.717, 1.165) is 56.3 Å². The Morgan fingerprint density at radius 3 is 2.66 bits per heavy atom. The second-order valence-electron chi connectivity index (χ2n) is 7.77. The second-order valence-corrected chi connectivity index (χ2v) is 7.77. The van der Waals surface area contributed by atoms with Crippen LogP contribution in [-0.2, 0) is 11.3 Å². The van der Waals surface area contributed by atoms with Crippen molar-refractivity contribution < 1.29 is 19.3 Å². The number of hydrogen-bond donors (Lipinski definition) is 3. The van der Waals surface area contributed by atoms with E-state index in [2.05, 4.69) is 20.5 Å². The third kappa shape index (κ3) is 7.06. The molecule has 0 radical (unpaired) electrons. The molecule has 1 aromatic carbocycles. The summed E-state index contributed by atoms with van der Waals surface area (Å²) in [4.78, 5) is 6.89. The molecule has 162 valence electrons.